The van der Waals surface area contributed by atoms with Crippen LogP contribution in [0.3, 0.4) is 0 Å². The summed E-state index contributed by atoms with van der Waals surface area (Å²) in [4.78, 5) is 26.0. The second kappa shape index (κ2) is 7.25. The lowest BCUT2D eigenvalue weighted by Crippen LogP contribution is -2.48. The molecule has 5 heteroatoms. The van der Waals surface area contributed by atoms with E-state index in [0.717, 1.165) is 13.0 Å². The van der Waals surface area contributed by atoms with Crippen LogP contribution in [-0.4, -0.2) is 49.6 Å². The Kier molecular flexibility index (Phi) is 5.62. The maximum absolute atomic E-state index is 12.8. The molecule has 0 spiro atoms. The van der Waals surface area contributed by atoms with Crippen molar-refractivity contribution < 1.29 is 14.3 Å². The number of fused-ring (bicyclic) bond motifs is 1. The number of hydrogen-bond donors (Lipinski definition) is 1. The molecule has 1 saturated heterocycles. The van der Waals surface area contributed by atoms with Gasteiger partial charge in [0.1, 0.15) is 0 Å². The highest BCUT2D eigenvalue weighted by Gasteiger charge is 2.43. The molecule has 0 aromatic heterocycles. The van der Waals surface area contributed by atoms with Crippen molar-refractivity contribution in [1.29, 1.82) is 0 Å². The molecule has 0 bridgehead atoms. The Morgan fingerprint density at radius 2 is 2.10 bits per heavy atom. The molecule has 0 radical (unpaired) electrons. The number of amides is 1. The first-order valence-electron chi connectivity index (χ1n) is 8.12. The highest BCUT2D eigenvalue weighted by Crippen LogP contribution is 2.38. The lowest BCUT2D eigenvalue weighted by atomic mass is 9.93. The third-order valence-corrected chi connectivity index (χ3v) is 4.72. The highest BCUT2D eigenvalue weighted by atomic mass is 16.5. The molecule has 2 aliphatic rings. The van der Waals surface area contributed by atoms with Gasteiger partial charge in [0.2, 0.25) is 5.91 Å². The van der Waals surface area contributed by atoms with Gasteiger partial charge in [0.25, 0.3) is 0 Å². The van der Waals surface area contributed by atoms with E-state index in [9.17, 15) is 9.59 Å². The van der Waals surface area contributed by atoms with Gasteiger partial charge >= 0.3 is 5.97 Å². The van der Waals surface area contributed by atoms with Crippen LogP contribution in [0.4, 0.5) is 0 Å². The van der Waals surface area contributed by atoms with Crippen molar-refractivity contribution >= 4 is 11.9 Å². The van der Waals surface area contributed by atoms with Crippen LogP contribution in [0.1, 0.15) is 39.5 Å². The summed E-state index contributed by atoms with van der Waals surface area (Å²) in [5.41, 5.74) is 0. The molecular formula is C16H28N2O3. The Morgan fingerprint density at radius 3 is 2.76 bits per heavy atom. The average molecular weight is 296 g/mol. The van der Waals surface area contributed by atoms with Crippen LogP contribution in [0.2, 0.25) is 0 Å². The molecule has 0 aromatic rings. The second-order valence-corrected chi connectivity index (χ2v) is 6.74. The van der Waals surface area contributed by atoms with E-state index in [2.05, 4.69) is 23.9 Å². The molecule has 1 amide bonds. The fourth-order valence-electron chi connectivity index (χ4n) is 3.72. The number of carbonyl (C=O) groups excluding carboxylic acids is 2. The number of nitrogens with zero attached hydrogens (tertiary/aromatic N) is 1. The molecule has 1 aliphatic carbocycles. The van der Waals surface area contributed by atoms with Gasteiger partial charge in [-0.1, -0.05) is 20.3 Å². The van der Waals surface area contributed by atoms with E-state index < -0.39 is 0 Å². The monoisotopic (exact) mass is 296 g/mol. The number of esters is 1. The fraction of sp³-hybridized carbons (Fsp3) is 0.875. The minimum absolute atomic E-state index is 0.0473. The van der Waals surface area contributed by atoms with Crippen LogP contribution < -0.4 is 5.32 Å². The summed E-state index contributed by atoms with van der Waals surface area (Å²) in [6.45, 7) is 6.32. The first kappa shape index (κ1) is 16.3. The summed E-state index contributed by atoms with van der Waals surface area (Å²) in [5, 5.41) is 3.41. The van der Waals surface area contributed by atoms with Gasteiger partial charge in [0.05, 0.1) is 19.6 Å². The summed E-state index contributed by atoms with van der Waals surface area (Å²) in [5.74, 6) is 1.47. The Labute approximate surface area is 127 Å². The number of rotatable bonds is 6. The number of ether oxygens (including phenoxy) is 1. The van der Waals surface area contributed by atoms with E-state index in [1.807, 2.05) is 4.90 Å². The Balaban J connectivity index is 1.97. The zero-order valence-electron chi connectivity index (χ0n) is 13.4. The zero-order valence-corrected chi connectivity index (χ0v) is 13.4. The second-order valence-electron chi connectivity index (χ2n) is 6.74. The maximum Gasteiger partial charge on any atom is 0.307 e. The van der Waals surface area contributed by atoms with Gasteiger partial charge in [-0.25, -0.2) is 0 Å². The minimum Gasteiger partial charge on any atom is -0.469 e. The van der Waals surface area contributed by atoms with Gasteiger partial charge in [-0.3, -0.25) is 9.59 Å². The van der Waals surface area contributed by atoms with Crippen molar-refractivity contribution in [3.8, 4) is 0 Å². The minimum atomic E-state index is -0.255. The van der Waals surface area contributed by atoms with E-state index in [1.165, 1.54) is 20.0 Å². The van der Waals surface area contributed by atoms with E-state index in [0.29, 0.717) is 30.8 Å². The van der Waals surface area contributed by atoms with Crippen LogP contribution in [0.25, 0.3) is 0 Å². The Hall–Kier alpha value is -1.10. The van der Waals surface area contributed by atoms with Crippen molar-refractivity contribution in [3.05, 3.63) is 0 Å². The molecule has 21 heavy (non-hydrogen) atoms. The van der Waals surface area contributed by atoms with E-state index in [1.54, 1.807) is 0 Å². The predicted molar refractivity (Wildman–Crippen MR) is 80.7 cm³/mol. The van der Waals surface area contributed by atoms with Crippen molar-refractivity contribution in [2.75, 3.05) is 26.7 Å². The number of methoxy groups -OCH3 is 1. The molecule has 120 valence electrons. The third-order valence-electron chi connectivity index (χ3n) is 4.72. The van der Waals surface area contributed by atoms with E-state index in [-0.39, 0.29) is 24.3 Å². The molecule has 2 rings (SSSR count). The first-order valence-corrected chi connectivity index (χ1v) is 8.12. The number of nitrogens with one attached hydrogen (secondary N) is 1. The summed E-state index contributed by atoms with van der Waals surface area (Å²) >= 11 is 0. The van der Waals surface area contributed by atoms with Crippen molar-refractivity contribution in [1.82, 2.24) is 10.2 Å². The SMILES string of the molecule is COC(=O)CCN(CC(C)C)C(=O)C1NCC2CCCC21. The summed E-state index contributed by atoms with van der Waals surface area (Å²) in [6, 6.07) is -0.0473. The molecule has 3 atom stereocenters. The van der Waals surface area contributed by atoms with Crippen LogP contribution in [-0.2, 0) is 14.3 Å². The van der Waals surface area contributed by atoms with E-state index in [4.69, 9.17) is 0 Å². The smallest absolute Gasteiger partial charge is 0.307 e. The average Bonchev–Trinajstić information content (AvgIpc) is 3.04. The predicted octanol–water partition coefficient (Wildman–Crippen LogP) is 1.42. The van der Waals surface area contributed by atoms with Gasteiger partial charge in [0.15, 0.2) is 0 Å². The molecule has 1 aliphatic heterocycles. The molecule has 1 heterocycles. The lowest BCUT2D eigenvalue weighted by molar-refractivity contribution is -0.142. The third kappa shape index (κ3) is 3.96. The first-order chi connectivity index (χ1) is 10.0. The van der Waals surface area contributed by atoms with Gasteiger partial charge in [-0.05, 0) is 37.1 Å². The van der Waals surface area contributed by atoms with Crippen molar-refractivity contribution in [2.24, 2.45) is 17.8 Å². The molecule has 2 fully saturated rings. The standard InChI is InChI=1S/C16H28N2O3/c1-11(2)10-18(8-7-14(19)21-3)16(20)15-13-6-4-5-12(13)9-17-15/h11-13,15,17H,4-10H2,1-3H3. The lowest BCUT2D eigenvalue weighted by Gasteiger charge is -2.29. The molecule has 1 saturated carbocycles. The molecule has 1 N–H and O–H groups in total. The van der Waals surface area contributed by atoms with Gasteiger partial charge in [0, 0.05) is 13.1 Å². The number of hydrogen-bond acceptors (Lipinski definition) is 4. The van der Waals surface area contributed by atoms with Crippen LogP contribution >= 0.6 is 0 Å². The van der Waals surface area contributed by atoms with Gasteiger partial charge in [-0.15, -0.1) is 0 Å². The molecule has 0 aromatic carbocycles. The fourth-order valence-corrected chi connectivity index (χ4v) is 3.72. The Morgan fingerprint density at radius 1 is 1.33 bits per heavy atom. The maximum atomic E-state index is 12.8. The van der Waals surface area contributed by atoms with Gasteiger partial charge < -0.3 is 15.0 Å². The van der Waals surface area contributed by atoms with Crippen LogP contribution in [0.5, 0.6) is 0 Å². The topological polar surface area (TPSA) is 58.6 Å². The highest BCUT2D eigenvalue weighted by molar-refractivity contribution is 5.83. The summed E-state index contributed by atoms with van der Waals surface area (Å²) < 4.78 is 4.69. The van der Waals surface area contributed by atoms with Crippen LogP contribution in [0.15, 0.2) is 0 Å². The molecule has 3 unspecified atom stereocenters. The largest absolute Gasteiger partial charge is 0.469 e. The zero-order chi connectivity index (χ0) is 15.4. The van der Waals surface area contributed by atoms with Crippen molar-refractivity contribution in [2.45, 2.75) is 45.6 Å². The normalized spacial score (nSPS) is 27.7. The van der Waals surface area contributed by atoms with E-state index >= 15 is 0 Å². The molecular weight excluding hydrogens is 268 g/mol. The van der Waals surface area contributed by atoms with Crippen LogP contribution in [0, 0.1) is 17.8 Å². The van der Waals surface area contributed by atoms with Gasteiger partial charge in [-0.2, -0.15) is 0 Å². The van der Waals surface area contributed by atoms with Crippen molar-refractivity contribution in [3.63, 3.8) is 0 Å². The summed E-state index contributed by atoms with van der Waals surface area (Å²) in [7, 11) is 1.39. The quantitative estimate of drug-likeness (QED) is 0.753. The Bertz CT molecular complexity index is 384. The number of carbonyl (C=O) groups is 2. The summed E-state index contributed by atoms with van der Waals surface area (Å²) in [6.07, 6.45) is 3.91. The molecule has 5 nitrogen and oxygen atoms in total.